The molecule has 0 saturated carbocycles. The number of anilines is 1. The third kappa shape index (κ3) is 5.24. The van der Waals surface area contributed by atoms with E-state index in [1.54, 1.807) is 18.3 Å². The van der Waals surface area contributed by atoms with Crippen molar-refractivity contribution in [3.63, 3.8) is 0 Å². The Morgan fingerprint density at radius 3 is 2.70 bits per heavy atom. The predicted molar refractivity (Wildman–Crippen MR) is 106 cm³/mol. The molecule has 1 N–H and O–H groups in total. The van der Waals surface area contributed by atoms with Gasteiger partial charge in [-0.3, -0.25) is 9.69 Å². The number of benzene rings is 2. The fraction of sp³-hybridized carbons (Fsp3) is 0.200. The number of hydrogen-bond donors (Lipinski definition) is 1. The lowest BCUT2D eigenvalue weighted by Crippen LogP contribution is -2.30. The van der Waals surface area contributed by atoms with Crippen molar-refractivity contribution in [1.82, 2.24) is 9.88 Å². The van der Waals surface area contributed by atoms with Crippen molar-refractivity contribution in [2.45, 2.75) is 13.5 Å². The Labute approximate surface area is 165 Å². The summed E-state index contributed by atoms with van der Waals surface area (Å²) in [4.78, 5) is 18.3. The van der Waals surface area contributed by atoms with Crippen molar-refractivity contribution in [3.8, 4) is 11.3 Å². The number of hydrogen-bond acceptors (Lipinski definition) is 4. The van der Waals surface area contributed by atoms with Crippen molar-refractivity contribution >= 4 is 27.5 Å². The van der Waals surface area contributed by atoms with Crippen molar-refractivity contribution in [2.24, 2.45) is 0 Å². The molecule has 0 atom stereocenters. The maximum absolute atomic E-state index is 13.0. The van der Waals surface area contributed by atoms with Crippen LogP contribution in [0.1, 0.15) is 11.5 Å². The van der Waals surface area contributed by atoms with Crippen LogP contribution < -0.4 is 5.32 Å². The van der Waals surface area contributed by atoms with Gasteiger partial charge < -0.3 is 9.73 Å². The molecule has 1 aromatic heterocycles. The number of nitrogens with zero attached hydrogens (tertiary/aromatic N) is 2. The molecule has 0 radical (unpaired) electrons. The van der Waals surface area contributed by atoms with Crippen LogP contribution in [-0.4, -0.2) is 29.4 Å². The molecule has 2 aromatic carbocycles. The summed E-state index contributed by atoms with van der Waals surface area (Å²) in [7, 11) is 1.82. The van der Waals surface area contributed by atoms with Crippen LogP contribution >= 0.6 is 15.9 Å². The molecule has 0 spiro atoms. The SMILES string of the molecule is Cc1cc(Br)ccc1NC(=O)CN(C)Cc1ncc(-c2ccc(F)cc2)o1. The standard InChI is InChI=1S/C20H19BrFN3O2/c1-13-9-15(21)5-8-17(13)24-19(26)11-25(2)12-20-23-10-18(27-20)14-3-6-16(22)7-4-14/h3-10H,11-12H2,1-2H3,(H,24,26). The lowest BCUT2D eigenvalue weighted by Gasteiger charge is -2.15. The zero-order valence-corrected chi connectivity index (χ0v) is 16.6. The molecular weight excluding hydrogens is 413 g/mol. The van der Waals surface area contributed by atoms with E-state index < -0.39 is 0 Å². The number of carbonyl (C=O) groups is 1. The average molecular weight is 432 g/mol. The highest BCUT2D eigenvalue weighted by molar-refractivity contribution is 9.10. The lowest BCUT2D eigenvalue weighted by atomic mass is 10.2. The molecule has 3 aromatic rings. The van der Waals surface area contributed by atoms with Crippen molar-refractivity contribution in [2.75, 3.05) is 18.9 Å². The summed E-state index contributed by atoms with van der Waals surface area (Å²) < 4.78 is 19.7. The molecule has 27 heavy (non-hydrogen) atoms. The summed E-state index contributed by atoms with van der Waals surface area (Å²) in [5.41, 5.74) is 2.52. The number of oxazole rings is 1. The van der Waals surface area contributed by atoms with Gasteiger partial charge in [0.25, 0.3) is 0 Å². The van der Waals surface area contributed by atoms with E-state index in [9.17, 15) is 9.18 Å². The van der Waals surface area contributed by atoms with Crippen LogP contribution in [0.15, 0.2) is 57.6 Å². The Kier molecular flexibility index (Phi) is 6.03. The average Bonchev–Trinajstić information content (AvgIpc) is 3.06. The highest BCUT2D eigenvalue weighted by Gasteiger charge is 2.13. The molecule has 0 saturated heterocycles. The molecular formula is C20H19BrFN3O2. The molecule has 3 rings (SSSR count). The molecule has 140 valence electrons. The minimum absolute atomic E-state index is 0.117. The normalized spacial score (nSPS) is 11.0. The van der Waals surface area contributed by atoms with Crippen molar-refractivity contribution in [3.05, 3.63) is 70.4 Å². The summed E-state index contributed by atoms with van der Waals surface area (Å²) >= 11 is 3.41. The molecule has 0 aliphatic heterocycles. The number of aryl methyl sites for hydroxylation is 1. The Morgan fingerprint density at radius 2 is 2.00 bits per heavy atom. The Morgan fingerprint density at radius 1 is 1.26 bits per heavy atom. The van der Waals surface area contributed by atoms with Crippen LogP contribution in [0.25, 0.3) is 11.3 Å². The second kappa shape index (κ2) is 8.45. The molecule has 0 aliphatic carbocycles. The van der Waals surface area contributed by atoms with Gasteiger partial charge in [0.15, 0.2) is 5.76 Å². The van der Waals surface area contributed by atoms with Gasteiger partial charge in [0.1, 0.15) is 5.82 Å². The zero-order valence-electron chi connectivity index (χ0n) is 15.0. The highest BCUT2D eigenvalue weighted by atomic mass is 79.9. The van der Waals surface area contributed by atoms with Crippen LogP contribution in [0.2, 0.25) is 0 Å². The number of nitrogens with one attached hydrogen (secondary N) is 1. The Balaban J connectivity index is 1.56. The first-order valence-electron chi connectivity index (χ1n) is 8.36. The van der Waals surface area contributed by atoms with E-state index in [0.717, 1.165) is 21.3 Å². The maximum atomic E-state index is 13.0. The molecule has 0 aliphatic rings. The fourth-order valence-corrected chi connectivity index (χ4v) is 3.10. The van der Waals surface area contributed by atoms with E-state index in [0.29, 0.717) is 18.2 Å². The van der Waals surface area contributed by atoms with Gasteiger partial charge in [-0.1, -0.05) is 15.9 Å². The third-order valence-electron chi connectivity index (χ3n) is 3.96. The summed E-state index contributed by atoms with van der Waals surface area (Å²) in [6.07, 6.45) is 1.60. The number of likely N-dealkylation sites (N-methyl/N-ethyl adjacent to an activating group) is 1. The first kappa shape index (κ1) is 19.3. The zero-order chi connectivity index (χ0) is 19.4. The van der Waals surface area contributed by atoms with E-state index in [2.05, 4.69) is 26.2 Å². The minimum atomic E-state index is -0.301. The fourth-order valence-electron chi connectivity index (χ4n) is 2.62. The second-order valence-corrected chi connectivity index (χ2v) is 7.22. The number of amides is 1. The third-order valence-corrected chi connectivity index (χ3v) is 4.46. The van der Waals surface area contributed by atoms with Gasteiger partial charge in [-0.05, 0) is 62.0 Å². The van der Waals surface area contributed by atoms with E-state index >= 15 is 0 Å². The van der Waals surface area contributed by atoms with Gasteiger partial charge in [-0.15, -0.1) is 0 Å². The Hall–Kier alpha value is -2.51. The maximum Gasteiger partial charge on any atom is 0.238 e. The first-order valence-corrected chi connectivity index (χ1v) is 9.15. The highest BCUT2D eigenvalue weighted by Crippen LogP contribution is 2.22. The monoisotopic (exact) mass is 431 g/mol. The summed E-state index contributed by atoms with van der Waals surface area (Å²) in [5, 5.41) is 2.90. The summed E-state index contributed by atoms with van der Waals surface area (Å²) in [5.74, 6) is 0.635. The van der Waals surface area contributed by atoms with Crippen LogP contribution in [-0.2, 0) is 11.3 Å². The quantitative estimate of drug-likeness (QED) is 0.618. The topological polar surface area (TPSA) is 58.4 Å². The van der Waals surface area contributed by atoms with Crippen LogP contribution in [0.3, 0.4) is 0 Å². The molecule has 1 heterocycles. The minimum Gasteiger partial charge on any atom is -0.439 e. The van der Waals surface area contributed by atoms with Gasteiger partial charge in [-0.2, -0.15) is 0 Å². The summed E-state index contributed by atoms with van der Waals surface area (Å²) in [6, 6.07) is 11.7. The number of rotatable bonds is 6. The van der Waals surface area contributed by atoms with Gasteiger partial charge in [-0.25, -0.2) is 9.37 Å². The molecule has 0 bridgehead atoms. The van der Waals surface area contributed by atoms with Crippen LogP contribution in [0, 0.1) is 12.7 Å². The first-order chi connectivity index (χ1) is 12.9. The van der Waals surface area contributed by atoms with Gasteiger partial charge in [0.05, 0.1) is 19.3 Å². The van der Waals surface area contributed by atoms with E-state index in [4.69, 9.17) is 4.42 Å². The van der Waals surface area contributed by atoms with Gasteiger partial charge in [0, 0.05) is 15.7 Å². The number of halogens is 2. The second-order valence-electron chi connectivity index (χ2n) is 6.30. The van der Waals surface area contributed by atoms with Gasteiger partial charge in [0.2, 0.25) is 11.8 Å². The van der Waals surface area contributed by atoms with Gasteiger partial charge >= 0.3 is 0 Å². The van der Waals surface area contributed by atoms with E-state index in [1.165, 1.54) is 12.1 Å². The number of aromatic nitrogens is 1. The lowest BCUT2D eigenvalue weighted by molar-refractivity contribution is -0.117. The number of carbonyl (C=O) groups excluding carboxylic acids is 1. The smallest absolute Gasteiger partial charge is 0.238 e. The molecule has 0 unspecified atom stereocenters. The predicted octanol–water partition coefficient (Wildman–Crippen LogP) is 4.62. The van der Waals surface area contributed by atoms with Crippen LogP contribution in [0.5, 0.6) is 0 Å². The molecule has 7 heteroatoms. The molecule has 0 fully saturated rings. The largest absolute Gasteiger partial charge is 0.439 e. The van der Waals surface area contributed by atoms with Crippen molar-refractivity contribution < 1.29 is 13.6 Å². The molecule has 5 nitrogen and oxygen atoms in total. The van der Waals surface area contributed by atoms with Crippen molar-refractivity contribution in [1.29, 1.82) is 0 Å². The summed E-state index contributed by atoms with van der Waals surface area (Å²) in [6.45, 7) is 2.52. The van der Waals surface area contributed by atoms with E-state index in [1.807, 2.05) is 37.1 Å². The van der Waals surface area contributed by atoms with E-state index in [-0.39, 0.29) is 18.3 Å². The Bertz CT molecular complexity index is 941. The molecule has 1 amide bonds. The van der Waals surface area contributed by atoms with Crippen LogP contribution in [0.4, 0.5) is 10.1 Å².